The third-order valence-electron chi connectivity index (χ3n) is 2.46. The number of nitrogens with two attached hydrogens (primary N) is 1. The van der Waals surface area contributed by atoms with Crippen LogP contribution in [0.3, 0.4) is 0 Å². The van der Waals surface area contributed by atoms with E-state index >= 15 is 0 Å². The van der Waals surface area contributed by atoms with Crippen LogP contribution in [0.4, 0.5) is 11.4 Å². The van der Waals surface area contributed by atoms with Gasteiger partial charge in [-0.05, 0) is 30.5 Å². The van der Waals surface area contributed by atoms with E-state index in [1.807, 2.05) is 6.07 Å². The molecule has 0 radical (unpaired) electrons. The average molecular weight is 233 g/mol. The number of hydrogen-bond acceptors (Lipinski definition) is 4. The number of nitrogens with one attached hydrogen (secondary N) is 1. The third kappa shape index (κ3) is 4.33. The third-order valence-corrected chi connectivity index (χ3v) is 2.46. The van der Waals surface area contributed by atoms with Crippen molar-refractivity contribution in [1.82, 2.24) is 0 Å². The van der Waals surface area contributed by atoms with Gasteiger partial charge in [-0.1, -0.05) is 13.8 Å². The first-order chi connectivity index (χ1) is 8.02. The molecule has 0 saturated carbocycles. The standard InChI is InChI=1S/C13H19N3O/c1-9(2)5-12(17)8-16-11-3-4-13(15)10(6-11)7-14/h3-4,6,9,12,16-17H,5,8,15H2,1-2H3. The number of nitriles is 1. The van der Waals surface area contributed by atoms with Crippen molar-refractivity contribution in [3.8, 4) is 6.07 Å². The molecule has 0 bridgehead atoms. The minimum atomic E-state index is -0.377. The molecule has 0 aliphatic rings. The van der Waals surface area contributed by atoms with E-state index in [-0.39, 0.29) is 6.10 Å². The number of aliphatic hydroxyl groups is 1. The van der Waals surface area contributed by atoms with Crippen LogP contribution in [0.5, 0.6) is 0 Å². The molecule has 0 amide bonds. The highest BCUT2D eigenvalue weighted by molar-refractivity contribution is 5.61. The molecule has 1 atom stereocenters. The fourth-order valence-electron chi connectivity index (χ4n) is 1.63. The van der Waals surface area contributed by atoms with Gasteiger partial charge in [0, 0.05) is 17.9 Å². The summed E-state index contributed by atoms with van der Waals surface area (Å²) in [5.74, 6) is 0.466. The summed E-state index contributed by atoms with van der Waals surface area (Å²) >= 11 is 0. The van der Waals surface area contributed by atoms with Gasteiger partial charge in [0.25, 0.3) is 0 Å². The first-order valence-corrected chi connectivity index (χ1v) is 5.74. The lowest BCUT2D eigenvalue weighted by Crippen LogP contribution is -2.21. The van der Waals surface area contributed by atoms with Gasteiger partial charge in [-0.15, -0.1) is 0 Å². The van der Waals surface area contributed by atoms with E-state index in [4.69, 9.17) is 11.0 Å². The topological polar surface area (TPSA) is 82.1 Å². The summed E-state index contributed by atoms with van der Waals surface area (Å²) in [7, 11) is 0. The summed E-state index contributed by atoms with van der Waals surface area (Å²) in [4.78, 5) is 0. The van der Waals surface area contributed by atoms with E-state index in [9.17, 15) is 5.11 Å². The second-order valence-corrected chi connectivity index (χ2v) is 4.58. The maximum Gasteiger partial charge on any atom is 0.101 e. The zero-order valence-electron chi connectivity index (χ0n) is 10.3. The van der Waals surface area contributed by atoms with E-state index in [0.29, 0.717) is 23.7 Å². The van der Waals surface area contributed by atoms with Crippen molar-refractivity contribution in [3.63, 3.8) is 0 Å². The lowest BCUT2D eigenvalue weighted by molar-refractivity contribution is 0.161. The van der Waals surface area contributed by atoms with Crippen molar-refractivity contribution in [2.75, 3.05) is 17.6 Å². The maximum atomic E-state index is 9.71. The first-order valence-electron chi connectivity index (χ1n) is 5.74. The Morgan fingerprint density at radius 2 is 2.18 bits per heavy atom. The van der Waals surface area contributed by atoms with Crippen LogP contribution in [0.2, 0.25) is 0 Å². The normalized spacial score (nSPS) is 12.2. The molecule has 17 heavy (non-hydrogen) atoms. The van der Waals surface area contributed by atoms with E-state index < -0.39 is 0 Å². The molecule has 0 spiro atoms. The number of anilines is 2. The number of benzene rings is 1. The molecule has 0 fully saturated rings. The number of hydrogen-bond donors (Lipinski definition) is 3. The molecule has 1 rings (SSSR count). The minimum Gasteiger partial charge on any atom is -0.398 e. The van der Waals surface area contributed by atoms with Crippen molar-refractivity contribution < 1.29 is 5.11 Å². The van der Waals surface area contributed by atoms with Crippen molar-refractivity contribution in [1.29, 1.82) is 5.26 Å². The lowest BCUT2D eigenvalue weighted by atomic mass is 10.1. The van der Waals surface area contributed by atoms with Crippen molar-refractivity contribution in [3.05, 3.63) is 23.8 Å². The molecule has 1 aromatic rings. The van der Waals surface area contributed by atoms with Crippen LogP contribution in [0.1, 0.15) is 25.8 Å². The molecule has 92 valence electrons. The Morgan fingerprint density at radius 3 is 2.76 bits per heavy atom. The molecule has 0 aliphatic heterocycles. The van der Waals surface area contributed by atoms with E-state index in [1.54, 1.807) is 18.2 Å². The SMILES string of the molecule is CC(C)CC(O)CNc1ccc(N)c(C#N)c1. The fourth-order valence-corrected chi connectivity index (χ4v) is 1.63. The van der Waals surface area contributed by atoms with Gasteiger partial charge in [0.15, 0.2) is 0 Å². The van der Waals surface area contributed by atoms with Gasteiger partial charge >= 0.3 is 0 Å². The number of aliphatic hydroxyl groups excluding tert-OH is 1. The summed E-state index contributed by atoms with van der Waals surface area (Å²) in [6, 6.07) is 7.21. The highest BCUT2D eigenvalue weighted by Crippen LogP contribution is 2.17. The van der Waals surface area contributed by atoms with Crippen LogP contribution in [-0.2, 0) is 0 Å². The first kappa shape index (κ1) is 13.3. The predicted octanol–water partition coefficient (Wildman–Crippen LogP) is 1.96. The van der Waals surface area contributed by atoms with Gasteiger partial charge in [0.2, 0.25) is 0 Å². The average Bonchev–Trinajstić information content (AvgIpc) is 2.27. The molecule has 0 heterocycles. The highest BCUT2D eigenvalue weighted by atomic mass is 16.3. The molecule has 0 aromatic heterocycles. The second-order valence-electron chi connectivity index (χ2n) is 4.58. The Morgan fingerprint density at radius 1 is 1.47 bits per heavy atom. The zero-order chi connectivity index (χ0) is 12.8. The zero-order valence-corrected chi connectivity index (χ0v) is 10.3. The van der Waals surface area contributed by atoms with E-state index in [0.717, 1.165) is 12.1 Å². The van der Waals surface area contributed by atoms with Crippen LogP contribution in [-0.4, -0.2) is 17.8 Å². The quantitative estimate of drug-likeness (QED) is 0.679. The fraction of sp³-hybridized carbons (Fsp3) is 0.462. The molecule has 1 aromatic carbocycles. The Kier molecular flexibility index (Phi) is 4.80. The summed E-state index contributed by atoms with van der Waals surface area (Å²) < 4.78 is 0. The van der Waals surface area contributed by atoms with Gasteiger partial charge in [0.05, 0.1) is 11.7 Å². The summed E-state index contributed by atoms with van der Waals surface area (Å²) in [6.45, 7) is 4.62. The molecule has 0 saturated heterocycles. The van der Waals surface area contributed by atoms with E-state index in [1.165, 1.54) is 0 Å². The molecule has 0 aliphatic carbocycles. The van der Waals surface area contributed by atoms with Gasteiger partial charge in [-0.25, -0.2) is 0 Å². The van der Waals surface area contributed by atoms with Crippen molar-refractivity contribution in [2.45, 2.75) is 26.4 Å². The molecule has 4 heteroatoms. The minimum absolute atomic E-state index is 0.377. The second kappa shape index (κ2) is 6.12. The van der Waals surface area contributed by atoms with Gasteiger partial charge < -0.3 is 16.2 Å². The largest absolute Gasteiger partial charge is 0.398 e. The maximum absolute atomic E-state index is 9.71. The van der Waals surface area contributed by atoms with Crippen LogP contribution in [0, 0.1) is 17.2 Å². The molecule has 4 nitrogen and oxygen atoms in total. The Bertz CT molecular complexity index is 410. The molecule has 1 unspecified atom stereocenters. The van der Waals surface area contributed by atoms with Gasteiger partial charge in [-0.3, -0.25) is 0 Å². The number of rotatable bonds is 5. The van der Waals surface area contributed by atoms with Crippen LogP contribution in [0.15, 0.2) is 18.2 Å². The smallest absolute Gasteiger partial charge is 0.101 e. The lowest BCUT2D eigenvalue weighted by Gasteiger charge is -2.15. The van der Waals surface area contributed by atoms with Crippen molar-refractivity contribution in [2.24, 2.45) is 5.92 Å². The van der Waals surface area contributed by atoms with Crippen LogP contribution < -0.4 is 11.1 Å². The number of nitrogen functional groups attached to an aromatic ring is 1. The Balaban J connectivity index is 2.55. The molecular formula is C13H19N3O. The molecule has 4 N–H and O–H groups in total. The van der Waals surface area contributed by atoms with Crippen LogP contribution in [0.25, 0.3) is 0 Å². The Labute approximate surface area is 102 Å². The van der Waals surface area contributed by atoms with Gasteiger partial charge in [0.1, 0.15) is 6.07 Å². The highest BCUT2D eigenvalue weighted by Gasteiger charge is 2.07. The van der Waals surface area contributed by atoms with Crippen LogP contribution >= 0.6 is 0 Å². The summed E-state index contributed by atoms with van der Waals surface area (Å²) in [5, 5.41) is 21.6. The van der Waals surface area contributed by atoms with E-state index in [2.05, 4.69) is 19.2 Å². The monoisotopic (exact) mass is 233 g/mol. The summed E-state index contributed by atoms with van der Waals surface area (Å²) in [5.41, 5.74) is 7.35. The summed E-state index contributed by atoms with van der Waals surface area (Å²) in [6.07, 6.45) is 0.380. The number of nitrogens with zero attached hydrogens (tertiary/aromatic N) is 1. The predicted molar refractivity (Wildman–Crippen MR) is 69.5 cm³/mol. The van der Waals surface area contributed by atoms with Crippen molar-refractivity contribution >= 4 is 11.4 Å². The molecular weight excluding hydrogens is 214 g/mol. The van der Waals surface area contributed by atoms with Gasteiger partial charge in [-0.2, -0.15) is 5.26 Å². The Hall–Kier alpha value is -1.73.